The van der Waals surface area contributed by atoms with E-state index in [1.165, 1.54) is 32.0 Å². The first kappa shape index (κ1) is 13.3. The fourth-order valence-corrected chi connectivity index (χ4v) is 3.02. The molecule has 2 aliphatic rings. The van der Waals surface area contributed by atoms with Crippen molar-refractivity contribution >= 4 is 11.7 Å². The molecule has 3 rings (SSSR count). The Labute approximate surface area is 120 Å². The smallest absolute Gasteiger partial charge is 0.272 e. The number of hydrogen-bond donors (Lipinski definition) is 0. The second-order valence-electron chi connectivity index (χ2n) is 5.66. The molecule has 1 aromatic heterocycles. The van der Waals surface area contributed by atoms with E-state index in [9.17, 15) is 4.79 Å². The van der Waals surface area contributed by atoms with Crippen LogP contribution in [0.4, 0.5) is 5.82 Å². The molecule has 0 saturated carbocycles. The third-order valence-corrected chi connectivity index (χ3v) is 4.20. The summed E-state index contributed by atoms with van der Waals surface area (Å²) in [5, 5.41) is 0. The van der Waals surface area contributed by atoms with Crippen molar-refractivity contribution in [3.05, 3.63) is 18.1 Å². The van der Waals surface area contributed by atoms with Crippen LogP contribution in [0.5, 0.6) is 0 Å². The minimum absolute atomic E-state index is 0.0646. The van der Waals surface area contributed by atoms with Crippen LogP contribution in [0.15, 0.2) is 12.4 Å². The normalized spacial score (nSPS) is 20.0. The highest BCUT2D eigenvalue weighted by Crippen LogP contribution is 2.19. The van der Waals surface area contributed by atoms with Crippen molar-refractivity contribution in [2.45, 2.75) is 38.5 Å². The van der Waals surface area contributed by atoms with E-state index in [-0.39, 0.29) is 5.91 Å². The highest BCUT2D eigenvalue weighted by atomic mass is 16.2. The van der Waals surface area contributed by atoms with Gasteiger partial charge in [-0.2, -0.15) is 0 Å². The van der Waals surface area contributed by atoms with Crippen LogP contribution in [0.1, 0.15) is 49.0 Å². The fourth-order valence-electron chi connectivity index (χ4n) is 3.02. The van der Waals surface area contributed by atoms with Gasteiger partial charge in [-0.1, -0.05) is 12.8 Å². The van der Waals surface area contributed by atoms with Crippen molar-refractivity contribution in [3.63, 3.8) is 0 Å². The van der Waals surface area contributed by atoms with Gasteiger partial charge in [0.1, 0.15) is 17.8 Å². The number of anilines is 1. The summed E-state index contributed by atoms with van der Waals surface area (Å²) in [5.41, 5.74) is 0.545. The van der Waals surface area contributed by atoms with Crippen molar-refractivity contribution < 1.29 is 4.79 Å². The van der Waals surface area contributed by atoms with Crippen molar-refractivity contribution in [1.29, 1.82) is 0 Å². The predicted molar refractivity (Wildman–Crippen MR) is 77.9 cm³/mol. The molecule has 0 bridgehead atoms. The number of hydrogen-bond acceptors (Lipinski definition) is 4. The topological polar surface area (TPSA) is 49.3 Å². The van der Waals surface area contributed by atoms with Crippen LogP contribution in [0, 0.1) is 0 Å². The molecule has 1 amide bonds. The van der Waals surface area contributed by atoms with Gasteiger partial charge in [-0.3, -0.25) is 4.79 Å². The first-order valence-electron chi connectivity index (χ1n) is 7.71. The molecule has 20 heavy (non-hydrogen) atoms. The second-order valence-corrected chi connectivity index (χ2v) is 5.66. The van der Waals surface area contributed by atoms with Crippen LogP contribution in [-0.2, 0) is 0 Å². The Morgan fingerprint density at radius 2 is 1.55 bits per heavy atom. The summed E-state index contributed by atoms with van der Waals surface area (Å²) in [5.74, 6) is 0.963. The van der Waals surface area contributed by atoms with E-state index in [0.717, 1.165) is 44.8 Å². The summed E-state index contributed by atoms with van der Waals surface area (Å²) >= 11 is 0. The van der Waals surface area contributed by atoms with E-state index in [2.05, 4.69) is 14.9 Å². The Balaban J connectivity index is 1.75. The Morgan fingerprint density at radius 1 is 0.900 bits per heavy atom. The largest absolute Gasteiger partial charge is 0.357 e. The van der Waals surface area contributed by atoms with E-state index in [1.807, 2.05) is 11.0 Å². The average molecular weight is 274 g/mol. The fraction of sp³-hybridized carbons (Fsp3) is 0.667. The molecular formula is C15H22N4O. The van der Waals surface area contributed by atoms with E-state index < -0.39 is 0 Å². The number of nitrogens with zero attached hydrogens (tertiary/aromatic N) is 4. The highest BCUT2D eigenvalue weighted by molar-refractivity contribution is 5.93. The first-order valence-corrected chi connectivity index (χ1v) is 7.71. The lowest BCUT2D eigenvalue weighted by molar-refractivity contribution is 0.0755. The van der Waals surface area contributed by atoms with Crippen molar-refractivity contribution in [2.24, 2.45) is 0 Å². The molecule has 2 fully saturated rings. The van der Waals surface area contributed by atoms with E-state index in [1.54, 1.807) is 0 Å². The van der Waals surface area contributed by atoms with Gasteiger partial charge in [0.25, 0.3) is 5.91 Å². The summed E-state index contributed by atoms with van der Waals surface area (Å²) < 4.78 is 0. The Hall–Kier alpha value is -1.65. The minimum Gasteiger partial charge on any atom is -0.357 e. The monoisotopic (exact) mass is 274 g/mol. The summed E-state index contributed by atoms with van der Waals surface area (Å²) in [6.07, 6.45) is 8.61. The zero-order valence-electron chi connectivity index (χ0n) is 11.9. The summed E-state index contributed by atoms with van der Waals surface area (Å²) in [6.45, 7) is 3.80. The molecule has 5 nitrogen and oxygen atoms in total. The molecule has 0 aromatic carbocycles. The average Bonchev–Trinajstić information content (AvgIpc) is 2.89. The van der Waals surface area contributed by atoms with Gasteiger partial charge in [-0.05, 0) is 25.7 Å². The third kappa shape index (κ3) is 2.92. The first-order chi connectivity index (χ1) is 9.84. The van der Waals surface area contributed by atoms with Crippen LogP contribution in [0.25, 0.3) is 0 Å². The van der Waals surface area contributed by atoms with Crippen LogP contribution in [0.3, 0.4) is 0 Å². The Morgan fingerprint density at radius 3 is 2.25 bits per heavy atom. The number of rotatable bonds is 2. The van der Waals surface area contributed by atoms with Crippen LogP contribution >= 0.6 is 0 Å². The summed E-state index contributed by atoms with van der Waals surface area (Å²) in [4.78, 5) is 25.2. The maximum absolute atomic E-state index is 12.5. The number of carbonyl (C=O) groups excluding carboxylic acids is 1. The van der Waals surface area contributed by atoms with Gasteiger partial charge in [0.15, 0.2) is 0 Å². The molecule has 1 aromatic rings. The number of aromatic nitrogens is 2. The zero-order chi connectivity index (χ0) is 13.8. The zero-order valence-corrected chi connectivity index (χ0v) is 11.9. The van der Waals surface area contributed by atoms with Gasteiger partial charge in [0.05, 0.1) is 0 Å². The molecule has 0 aliphatic carbocycles. The van der Waals surface area contributed by atoms with Crippen molar-refractivity contribution in [2.75, 3.05) is 31.1 Å². The number of amides is 1. The third-order valence-electron chi connectivity index (χ3n) is 4.20. The van der Waals surface area contributed by atoms with E-state index in [0.29, 0.717) is 5.69 Å². The molecular weight excluding hydrogens is 252 g/mol. The Bertz CT molecular complexity index is 463. The predicted octanol–water partition coefficient (Wildman–Crippen LogP) is 2.09. The molecule has 5 heteroatoms. The van der Waals surface area contributed by atoms with Gasteiger partial charge in [-0.25, -0.2) is 9.97 Å². The summed E-state index contributed by atoms with van der Waals surface area (Å²) in [7, 11) is 0. The molecule has 0 unspecified atom stereocenters. The van der Waals surface area contributed by atoms with Gasteiger partial charge in [0.2, 0.25) is 0 Å². The maximum Gasteiger partial charge on any atom is 0.272 e. The molecule has 0 spiro atoms. The number of likely N-dealkylation sites (tertiary alicyclic amines) is 1. The molecule has 0 radical (unpaired) electrons. The standard InChI is InChI=1S/C15H22N4O/c20-15(19-9-3-1-2-4-10-19)13-11-14(17-12-16-13)18-7-5-6-8-18/h11-12H,1-10H2. The van der Waals surface area contributed by atoms with E-state index >= 15 is 0 Å². The van der Waals surface area contributed by atoms with Crippen molar-refractivity contribution in [1.82, 2.24) is 14.9 Å². The number of carbonyl (C=O) groups is 1. The van der Waals surface area contributed by atoms with Crippen LogP contribution < -0.4 is 4.90 Å². The highest BCUT2D eigenvalue weighted by Gasteiger charge is 2.20. The van der Waals surface area contributed by atoms with Crippen LogP contribution in [-0.4, -0.2) is 47.0 Å². The van der Waals surface area contributed by atoms with Gasteiger partial charge in [-0.15, -0.1) is 0 Å². The molecule has 108 valence electrons. The lowest BCUT2D eigenvalue weighted by Gasteiger charge is -2.21. The molecule has 0 N–H and O–H groups in total. The maximum atomic E-state index is 12.5. The van der Waals surface area contributed by atoms with Gasteiger partial charge in [0, 0.05) is 32.2 Å². The molecule has 2 aliphatic heterocycles. The summed E-state index contributed by atoms with van der Waals surface area (Å²) in [6, 6.07) is 1.86. The Kier molecular flexibility index (Phi) is 4.14. The van der Waals surface area contributed by atoms with Crippen LogP contribution in [0.2, 0.25) is 0 Å². The molecule has 0 atom stereocenters. The lowest BCUT2D eigenvalue weighted by atomic mass is 10.2. The van der Waals surface area contributed by atoms with Gasteiger partial charge >= 0.3 is 0 Å². The lowest BCUT2D eigenvalue weighted by Crippen LogP contribution is -2.32. The second kappa shape index (κ2) is 6.20. The van der Waals surface area contributed by atoms with E-state index in [4.69, 9.17) is 0 Å². The quantitative estimate of drug-likeness (QED) is 0.828. The van der Waals surface area contributed by atoms with Gasteiger partial charge < -0.3 is 9.80 Å². The minimum atomic E-state index is 0.0646. The molecule has 2 saturated heterocycles. The molecule has 3 heterocycles. The van der Waals surface area contributed by atoms with Crippen molar-refractivity contribution in [3.8, 4) is 0 Å². The SMILES string of the molecule is O=C(c1cc(N2CCCC2)ncn1)N1CCCCCC1.